The lowest BCUT2D eigenvalue weighted by Crippen LogP contribution is -2.14. The molecule has 3 N–H and O–H groups in total. The number of carbonyl (C=O) groups excluding carboxylic acids is 1. The van der Waals surface area contributed by atoms with Gasteiger partial charge in [0, 0.05) is 59.2 Å². The fourth-order valence-electron chi connectivity index (χ4n) is 4.43. The smallest absolute Gasteiger partial charge is 0.411 e. The predicted octanol–water partition coefficient (Wildman–Crippen LogP) is 8.49. The number of nitrogens with one attached hydrogen (secondary N) is 3. The SMILES string of the molecule is COC(=O)Nc1ccc(Br)cc1CC(c1c[nH]c2ccc(Br)cc12)c1c[nH]c2ccc(Br)cc12. The number of carbonyl (C=O) groups is 1. The average molecular weight is 646 g/mol. The molecule has 5 rings (SSSR count). The Labute approximate surface area is 221 Å². The van der Waals surface area contributed by atoms with Gasteiger partial charge in [0.2, 0.25) is 0 Å². The summed E-state index contributed by atoms with van der Waals surface area (Å²) in [5.74, 6) is 0.0126. The molecule has 0 saturated heterocycles. The fraction of sp³-hybridized carbons (Fsp3) is 0.115. The van der Waals surface area contributed by atoms with Crippen LogP contribution in [0.1, 0.15) is 22.6 Å². The second-order valence-electron chi connectivity index (χ2n) is 8.04. The van der Waals surface area contributed by atoms with Crippen LogP contribution in [0.2, 0.25) is 0 Å². The zero-order chi connectivity index (χ0) is 23.8. The lowest BCUT2D eigenvalue weighted by atomic mass is 9.85. The van der Waals surface area contributed by atoms with E-state index < -0.39 is 6.09 Å². The van der Waals surface area contributed by atoms with Crippen molar-refractivity contribution < 1.29 is 9.53 Å². The van der Waals surface area contributed by atoms with E-state index in [0.717, 1.165) is 46.5 Å². The van der Waals surface area contributed by atoms with Crippen LogP contribution in [0.4, 0.5) is 10.5 Å². The van der Waals surface area contributed by atoms with Gasteiger partial charge in [0.15, 0.2) is 0 Å². The molecule has 8 heteroatoms. The normalized spacial score (nSPS) is 11.4. The lowest BCUT2D eigenvalue weighted by Gasteiger charge is -2.20. The first-order valence-electron chi connectivity index (χ1n) is 10.6. The number of ether oxygens (including phenoxy) is 1. The highest BCUT2D eigenvalue weighted by molar-refractivity contribution is 9.11. The molecule has 5 nitrogen and oxygen atoms in total. The third-order valence-corrected chi connectivity index (χ3v) is 7.50. The van der Waals surface area contributed by atoms with Crippen LogP contribution in [-0.4, -0.2) is 23.2 Å². The number of rotatable bonds is 5. The van der Waals surface area contributed by atoms with Crippen LogP contribution in [0.15, 0.2) is 80.4 Å². The second kappa shape index (κ2) is 9.60. The van der Waals surface area contributed by atoms with Crippen molar-refractivity contribution in [1.29, 1.82) is 0 Å². The number of methoxy groups -OCH3 is 1. The van der Waals surface area contributed by atoms with Crippen molar-refractivity contribution in [3.05, 3.63) is 97.1 Å². The molecule has 0 fully saturated rings. The van der Waals surface area contributed by atoms with Gasteiger partial charge in [-0.15, -0.1) is 0 Å². The highest BCUT2D eigenvalue weighted by Crippen LogP contribution is 2.40. The highest BCUT2D eigenvalue weighted by atomic mass is 79.9. The molecule has 0 aliphatic heterocycles. The molecule has 0 spiro atoms. The molecule has 0 atom stereocenters. The molecule has 172 valence electrons. The summed E-state index contributed by atoms with van der Waals surface area (Å²) in [6.45, 7) is 0. The van der Waals surface area contributed by atoms with Gasteiger partial charge in [-0.2, -0.15) is 0 Å². The summed E-state index contributed by atoms with van der Waals surface area (Å²) < 4.78 is 7.84. The van der Waals surface area contributed by atoms with Crippen molar-refractivity contribution in [2.75, 3.05) is 12.4 Å². The van der Waals surface area contributed by atoms with E-state index in [1.807, 2.05) is 30.3 Å². The van der Waals surface area contributed by atoms with E-state index >= 15 is 0 Å². The van der Waals surface area contributed by atoms with E-state index in [-0.39, 0.29) is 5.92 Å². The zero-order valence-corrected chi connectivity index (χ0v) is 22.8. The van der Waals surface area contributed by atoms with Gasteiger partial charge in [-0.25, -0.2) is 4.79 Å². The summed E-state index contributed by atoms with van der Waals surface area (Å²) in [5, 5.41) is 5.17. The molecule has 1 amide bonds. The van der Waals surface area contributed by atoms with Crippen LogP contribution in [0.25, 0.3) is 21.8 Å². The fourth-order valence-corrected chi connectivity index (χ4v) is 5.56. The summed E-state index contributed by atoms with van der Waals surface area (Å²) >= 11 is 10.9. The van der Waals surface area contributed by atoms with Crippen molar-refractivity contribution in [3.8, 4) is 0 Å². The summed E-state index contributed by atoms with van der Waals surface area (Å²) in [7, 11) is 1.37. The minimum Gasteiger partial charge on any atom is -0.453 e. The van der Waals surface area contributed by atoms with Gasteiger partial charge in [0.05, 0.1) is 7.11 Å². The van der Waals surface area contributed by atoms with Crippen molar-refractivity contribution in [2.24, 2.45) is 0 Å². The molecule has 0 aliphatic carbocycles. The maximum Gasteiger partial charge on any atom is 0.411 e. The lowest BCUT2D eigenvalue weighted by molar-refractivity contribution is 0.187. The van der Waals surface area contributed by atoms with E-state index in [1.54, 1.807) is 0 Å². The van der Waals surface area contributed by atoms with Crippen molar-refractivity contribution >= 4 is 81.4 Å². The Morgan fingerprint density at radius 3 is 1.94 bits per heavy atom. The van der Waals surface area contributed by atoms with Gasteiger partial charge in [0.1, 0.15) is 0 Å². The Hall–Kier alpha value is -2.55. The number of hydrogen-bond donors (Lipinski definition) is 3. The van der Waals surface area contributed by atoms with Crippen molar-refractivity contribution in [1.82, 2.24) is 9.97 Å². The number of H-pyrrole nitrogens is 2. The number of aromatic amines is 2. The largest absolute Gasteiger partial charge is 0.453 e. The number of anilines is 1. The molecule has 2 heterocycles. The zero-order valence-electron chi connectivity index (χ0n) is 18.1. The first kappa shape index (κ1) is 23.2. The minimum absolute atomic E-state index is 0.0126. The molecule has 0 saturated carbocycles. The molecular weight excluding hydrogens is 626 g/mol. The third kappa shape index (κ3) is 4.54. The number of aromatic nitrogens is 2. The van der Waals surface area contributed by atoms with Gasteiger partial charge < -0.3 is 14.7 Å². The molecule has 5 aromatic rings. The van der Waals surface area contributed by atoms with Gasteiger partial charge in [-0.05, 0) is 77.7 Å². The molecule has 0 aliphatic rings. The first-order valence-corrected chi connectivity index (χ1v) is 13.0. The highest BCUT2D eigenvalue weighted by Gasteiger charge is 2.24. The van der Waals surface area contributed by atoms with Crippen LogP contribution in [-0.2, 0) is 11.2 Å². The number of hydrogen-bond acceptors (Lipinski definition) is 2. The Bertz CT molecular complexity index is 1440. The number of benzene rings is 3. The van der Waals surface area contributed by atoms with Crippen LogP contribution in [0, 0.1) is 0 Å². The minimum atomic E-state index is -0.493. The number of halogens is 3. The molecule has 3 aromatic carbocycles. The van der Waals surface area contributed by atoms with E-state index in [0.29, 0.717) is 6.42 Å². The Morgan fingerprint density at radius 2 is 1.38 bits per heavy atom. The van der Waals surface area contributed by atoms with Gasteiger partial charge in [0.25, 0.3) is 0 Å². The summed E-state index contributed by atoms with van der Waals surface area (Å²) in [5.41, 5.74) is 6.24. The molecule has 0 bridgehead atoms. The molecule has 0 radical (unpaired) electrons. The Morgan fingerprint density at radius 1 is 0.853 bits per heavy atom. The predicted molar refractivity (Wildman–Crippen MR) is 148 cm³/mol. The van der Waals surface area contributed by atoms with Crippen LogP contribution in [0.3, 0.4) is 0 Å². The van der Waals surface area contributed by atoms with Gasteiger partial charge >= 0.3 is 6.09 Å². The van der Waals surface area contributed by atoms with Gasteiger partial charge in [-0.3, -0.25) is 5.32 Å². The van der Waals surface area contributed by atoms with E-state index in [9.17, 15) is 4.79 Å². The van der Waals surface area contributed by atoms with Crippen LogP contribution >= 0.6 is 47.8 Å². The molecular formula is C26H20Br3N3O2. The van der Waals surface area contributed by atoms with E-state index in [2.05, 4.69) is 99.7 Å². The van der Waals surface area contributed by atoms with Gasteiger partial charge in [-0.1, -0.05) is 47.8 Å². The summed E-state index contributed by atoms with van der Waals surface area (Å²) in [4.78, 5) is 18.9. The maximum atomic E-state index is 12.0. The van der Waals surface area contributed by atoms with E-state index in [4.69, 9.17) is 4.74 Å². The molecule has 0 unspecified atom stereocenters. The van der Waals surface area contributed by atoms with E-state index in [1.165, 1.54) is 18.2 Å². The maximum absolute atomic E-state index is 12.0. The molecule has 2 aromatic heterocycles. The van der Waals surface area contributed by atoms with Crippen LogP contribution < -0.4 is 5.32 Å². The summed E-state index contributed by atoms with van der Waals surface area (Å²) in [6.07, 6.45) is 4.35. The number of amides is 1. The monoisotopic (exact) mass is 643 g/mol. The second-order valence-corrected chi connectivity index (χ2v) is 10.8. The van der Waals surface area contributed by atoms with Crippen molar-refractivity contribution in [2.45, 2.75) is 12.3 Å². The Kier molecular flexibility index (Phi) is 6.55. The quantitative estimate of drug-likeness (QED) is 0.179. The standard InChI is InChI=1S/C26H20Br3N3O2/c1-34-26(33)32-23-5-2-15(27)8-14(23)9-18(21-12-30-24-6-3-16(28)10-19(21)24)22-13-31-25-7-4-17(29)11-20(22)25/h2-8,10-13,18,30-31H,9H2,1H3,(H,32,33). The van der Waals surface area contributed by atoms with Crippen molar-refractivity contribution in [3.63, 3.8) is 0 Å². The topological polar surface area (TPSA) is 69.9 Å². The number of fused-ring (bicyclic) bond motifs is 2. The van der Waals surface area contributed by atoms with Crippen LogP contribution in [0.5, 0.6) is 0 Å². The molecule has 34 heavy (non-hydrogen) atoms. The Balaban J connectivity index is 1.70. The first-order chi connectivity index (χ1) is 16.4. The summed E-state index contributed by atoms with van der Waals surface area (Å²) in [6, 6.07) is 18.4. The third-order valence-electron chi connectivity index (χ3n) is 6.02. The average Bonchev–Trinajstić information content (AvgIpc) is 3.42.